The fraction of sp³-hybridized carbons (Fsp3) is 0.231. The van der Waals surface area contributed by atoms with Crippen LogP contribution in [0, 0.1) is 5.82 Å². The molecule has 4 nitrogen and oxygen atoms in total. The number of nitrogens with one attached hydrogen (secondary N) is 1. The summed E-state index contributed by atoms with van der Waals surface area (Å²) in [5.41, 5.74) is 0.299. The largest absolute Gasteiger partial charge is 0.348 e. The van der Waals surface area contributed by atoms with Crippen LogP contribution in [0.1, 0.15) is 17.3 Å². The minimum Gasteiger partial charge on any atom is -0.348 e. The lowest BCUT2D eigenvalue weighted by atomic mass is 10.2. The highest BCUT2D eigenvalue weighted by Crippen LogP contribution is 2.16. The van der Waals surface area contributed by atoms with Gasteiger partial charge >= 0.3 is 0 Å². The highest BCUT2D eigenvalue weighted by molar-refractivity contribution is 9.10. The Morgan fingerprint density at radius 3 is 3.00 bits per heavy atom. The Kier molecular flexibility index (Phi) is 4.31. The fourth-order valence-electron chi connectivity index (χ4n) is 1.68. The first kappa shape index (κ1) is 13.7. The Morgan fingerprint density at radius 1 is 1.58 bits per heavy atom. The SMILES string of the molecule is CC(Cn1cccn1)NC(=O)c1ccc(Br)c(F)c1. The van der Waals surface area contributed by atoms with Gasteiger partial charge in [0.25, 0.3) is 5.91 Å². The molecule has 2 aromatic rings. The molecule has 1 aromatic heterocycles. The first-order chi connectivity index (χ1) is 9.06. The maximum Gasteiger partial charge on any atom is 0.251 e. The summed E-state index contributed by atoms with van der Waals surface area (Å²) in [6.45, 7) is 2.44. The van der Waals surface area contributed by atoms with E-state index in [2.05, 4.69) is 26.3 Å². The van der Waals surface area contributed by atoms with Crippen molar-refractivity contribution in [3.63, 3.8) is 0 Å². The number of hydrogen-bond acceptors (Lipinski definition) is 2. The van der Waals surface area contributed by atoms with Gasteiger partial charge in [-0.2, -0.15) is 5.10 Å². The molecule has 0 radical (unpaired) electrons. The van der Waals surface area contributed by atoms with Crippen molar-refractivity contribution >= 4 is 21.8 Å². The van der Waals surface area contributed by atoms with Crippen LogP contribution in [0.15, 0.2) is 41.1 Å². The lowest BCUT2D eigenvalue weighted by Gasteiger charge is -2.14. The lowest BCUT2D eigenvalue weighted by molar-refractivity contribution is 0.0935. The van der Waals surface area contributed by atoms with E-state index in [0.717, 1.165) is 0 Å². The summed E-state index contributed by atoms with van der Waals surface area (Å²) in [5, 5.41) is 6.86. The molecule has 0 saturated carbocycles. The number of aromatic nitrogens is 2. The summed E-state index contributed by atoms with van der Waals surface area (Å²) >= 11 is 3.05. The van der Waals surface area contributed by atoms with Crippen molar-refractivity contribution in [3.8, 4) is 0 Å². The first-order valence-corrected chi connectivity index (χ1v) is 6.59. The Bertz CT molecular complexity index is 571. The zero-order valence-electron chi connectivity index (χ0n) is 10.3. The number of halogens is 2. The Labute approximate surface area is 118 Å². The van der Waals surface area contributed by atoms with Crippen LogP contribution in [0.5, 0.6) is 0 Å². The number of carbonyl (C=O) groups is 1. The normalized spacial score (nSPS) is 12.2. The van der Waals surface area contributed by atoms with E-state index in [4.69, 9.17) is 0 Å². The standard InChI is InChI=1S/C13H13BrFN3O/c1-9(8-18-6-2-5-16-18)17-13(19)10-3-4-11(14)12(15)7-10/h2-7,9H,8H2,1H3,(H,17,19). The topological polar surface area (TPSA) is 46.9 Å². The van der Waals surface area contributed by atoms with Gasteiger partial charge in [0, 0.05) is 24.0 Å². The van der Waals surface area contributed by atoms with Gasteiger partial charge in [0.05, 0.1) is 11.0 Å². The highest BCUT2D eigenvalue weighted by atomic mass is 79.9. The molecule has 0 aliphatic heterocycles. The molecule has 1 aromatic carbocycles. The van der Waals surface area contributed by atoms with Crippen molar-refractivity contribution in [2.45, 2.75) is 19.5 Å². The average Bonchev–Trinajstić information content (AvgIpc) is 2.85. The summed E-state index contributed by atoms with van der Waals surface area (Å²) in [6.07, 6.45) is 3.50. The van der Waals surface area contributed by atoms with E-state index < -0.39 is 5.82 Å². The Morgan fingerprint density at radius 2 is 2.37 bits per heavy atom. The van der Waals surface area contributed by atoms with Crippen LogP contribution in [0.3, 0.4) is 0 Å². The molecular formula is C13H13BrFN3O. The minimum atomic E-state index is -0.452. The number of rotatable bonds is 4. The van der Waals surface area contributed by atoms with Crippen LogP contribution in [0.2, 0.25) is 0 Å². The molecule has 0 saturated heterocycles. The molecule has 100 valence electrons. The van der Waals surface area contributed by atoms with E-state index in [-0.39, 0.29) is 11.9 Å². The number of hydrogen-bond donors (Lipinski definition) is 1. The van der Waals surface area contributed by atoms with Crippen LogP contribution in [-0.2, 0) is 6.54 Å². The van der Waals surface area contributed by atoms with Crippen molar-refractivity contribution in [1.82, 2.24) is 15.1 Å². The summed E-state index contributed by atoms with van der Waals surface area (Å²) in [5.74, 6) is -0.751. The van der Waals surface area contributed by atoms with E-state index in [1.54, 1.807) is 16.9 Å². The quantitative estimate of drug-likeness (QED) is 0.939. The monoisotopic (exact) mass is 325 g/mol. The van der Waals surface area contributed by atoms with Gasteiger partial charge in [-0.3, -0.25) is 9.48 Å². The number of carbonyl (C=O) groups excluding carboxylic acids is 1. The van der Waals surface area contributed by atoms with Crippen LogP contribution < -0.4 is 5.32 Å². The maximum absolute atomic E-state index is 13.3. The lowest BCUT2D eigenvalue weighted by Crippen LogP contribution is -2.35. The van der Waals surface area contributed by atoms with Crippen LogP contribution in [0.25, 0.3) is 0 Å². The molecule has 19 heavy (non-hydrogen) atoms. The van der Waals surface area contributed by atoms with Gasteiger partial charge in [0.15, 0.2) is 0 Å². The molecule has 1 unspecified atom stereocenters. The van der Waals surface area contributed by atoms with Crippen molar-refractivity contribution in [2.75, 3.05) is 0 Å². The van der Waals surface area contributed by atoms with Crippen molar-refractivity contribution in [1.29, 1.82) is 0 Å². The van der Waals surface area contributed by atoms with Gasteiger partial charge in [-0.25, -0.2) is 4.39 Å². The number of amides is 1. The summed E-state index contributed by atoms with van der Waals surface area (Å²) in [7, 11) is 0. The minimum absolute atomic E-state index is 0.0980. The van der Waals surface area contributed by atoms with Crippen molar-refractivity contribution in [3.05, 3.63) is 52.5 Å². The van der Waals surface area contributed by atoms with E-state index in [1.165, 1.54) is 12.1 Å². The van der Waals surface area contributed by atoms with Gasteiger partial charge in [-0.15, -0.1) is 0 Å². The molecule has 0 bridgehead atoms. The summed E-state index contributed by atoms with van der Waals surface area (Å²) in [4.78, 5) is 11.9. The van der Waals surface area contributed by atoms with Gasteiger partial charge in [-0.1, -0.05) is 0 Å². The molecule has 0 fully saturated rings. The number of benzene rings is 1. The van der Waals surface area contributed by atoms with E-state index >= 15 is 0 Å². The molecular weight excluding hydrogens is 313 g/mol. The fourth-order valence-corrected chi connectivity index (χ4v) is 1.93. The van der Waals surface area contributed by atoms with E-state index in [0.29, 0.717) is 16.6 Å². The Hall–Kier alpha value is -1.69. The second kappa shape index (κ2) is 5.97. The predicted molar refractivity (Wildman–Crippen MR) is 73.3 cm³/mol. The zero-order chi connectivity index (χ0) is 13.8. The molecule has 6 heteroatoms. The first-order valence-electron chi connectivity index (χ1n) is 5.79. The molecule has 1 atom stereocenters. The molecule has 1 amide bonds. The molecule has 0 spiro atoms. The van der Waals surface area contributed by atoms with Crippen LogP contribution >= 0.6 is 15.9 Å². The zero-order valence-corrected chi connectivity index (χ0v) is 11.9. The van der Waals surface area contributed by atoms with Gasteiger partial charge < -0.3 is 5.32 Å². The summed E-state index contributed by atoms with van der Waals surface area (Å²) in [6, 6.07) is 6.02. The average molecular weight is 326 g/mol. The second-order valence-electron chi connectivity index (χ2n) is 4.23. The number of nitrogens with zero attached hydrogens (tertiary/aromatic N) is 2. The molecule has 1 N–H and O–H groups in total. The van der Waals surface area contributed by atoms with Gasteiger partial charge in [-0.05, 0) is 47.1 Å². The van der Waals surface area contributed by atoms with Crippen molar-refractivity contribution < 1.29 is 9.18 Å². The smallest absolute Gasteiger partial charge is 0.251 e. The molecule has 0 aliphatic rings. The molecule has 0 aliphatic carbocycles. The van der Waals surface area contributed by atoms with Crippen molar-refractivity contribution in [2.24, 2.45) is 0 Å². The van der Waals surface area contributed by atoms with E-state index in [9.17, 15) is 9.18 Å². The summed E-state index contributed by atoms with van der Waals surface area (Å²) < 4.78 is 15.4. The predicted octanol–water partition coefficient (Wildman–Crippen LogP) is 2.60. The second-order valence-corrected chi connectivity index (χ2v) is 5.09. The van der Waals surface area contributed by atoms with Crippen LogP contribution in [0.4, 0.5) is 4.39 Å². The molecule has 1 heterocycles. The van der Waals surface area contributed by atoms with Gasteiger partial charge in [0.1, 0.15) is 5.82 Å². The highest BCUT2D eigenvalue weighted by Gasteiger charge is 2.12. The van der Waals surface area contributed by atoms with E-state index in [1.807, 2.05) is 19.2 Å². The van der Waals surface area contributed by atoms with Gasteiger partial charge in [0.2, 0.25) is 0 Å². The maximum atomic E-state index is 13.3. The third-order valence-corrected chi connectivity index (χ3v) is 3.22. The third-order valence-electron chi connectivity index (χ3n) is 2.58. The van der Waals surface area contributed by atoms with Crippen LogP contribution in [-0.4, -0.2) is 21.7 Å². The third kappa shape index (κ3) is 3.64. The molecule has 2 rings (SSSR count). The Balaban J connectivity index is 1.98.